The maximum absolute atomic E-state index is 11.4. The van der Waals surface area contributed by atoms with Crippen molar-refractivity contribution in [3.8, 4) is 0 Å². The fourth-order valence-electron chi connectivity index (χ4n) is 11.6. The zero-order valence-electron chi connectivity index (χ0n) is 22.4. The van der Waals surface area contributed by atoms with E-state index >= 15 is 0 Å². The molecule has 184 valence electrons. The molecule has 0 amide bonds. The fraction of sp³-hybridized carbons (Fsp3) is 1.00. The lowest BCUT2D eigenvalue weighted by Gasteiger charge is -2.74. The van der Waals surface area contributed by atoms with E-state index in [1.807, 2.05) is 0 Å². The summed E-state index contributed by atoms with van der Waals surface area (Å²) in [5, 5.41) is 22.3. The minimum Gasteiger partial charge on any atom is -0.393 e. The largest absolute Gasteiger partial charge is 0.393 e. The second-order valence-corrected chi connectivity index (χ2v) is 15.6. The van der Waals surface area contributed by atoms with E-state index in [-0.39, 0.29) is 28.5 Å². The highest BCUT2D eigenvalue weighted by molar-refractivity contribution is 5.19. The van der Waals surface area contributed by atoms with Crippen LogP contribution in [0.5, 0.6) is 0 Å². The highest BCUT2D eigenvalue weighted by atomic mass is 16.3. The van der Waals surface area contributed by atoms with Crippen molar-refractivity contribution in [3.05, 3.63) is 0 Å². The Morgan fingerprint density at radius 2 is 1.09 bits per heavy atom. The Balaban J connectivity index is 1.52. The van der Waals surface area contributed by atoms with E-state index in [0.29, 0.717) is 28.1 Å². The van der Waals surface area contributed by atoms with Gasteiger partial charge >= 0.3 is 0 Å². The summed E-state index contributed by atoms with van der Waals surface area (Å²) in [5.74, 6) is 2.62. The average Bonchev–Trinajstić information content (AvgIpc) is 2.69. The molecule has 2 heteroatoms. The summed E-state index contributed by atoms with van der Waals surface area (Å²) in [5.41, 5.74) is 1.50. The quantitative estimate of drug-likeness (QED) is 0.414. The molecular formula is C30H52O2. The SMILES string of the molecule is CC1(C)CCC2(C)C(CCC3(C)C2CCC2C4(C)CCC(O)C(C)(C)C4CCC23C)C1O. The fourth-order valence-corrected chi connectivity index (χ4v) is 11.6. The topological polar surface area (TPSA) is 40.5 Å². The van der Waals surface area contributed by atoms with Crippen molar-refractivity contribution in [2.75, 3.05) is 0 Å². The lowest BCUT2D eigenvalue weighted by molar-refractivity contribution is -0.268. The number of hydrogen-bond donors (Lipinski definition) is 2. The number of aliphatic hydroxyl groups is 2. The van der Waals surface area contributed by atoms with E-state index in [2.05, 4.69) is 55.4 Å². The van der Waals surface area contributed by atoms with Crippen LogP contribution in [0.2, 0.25) is 0 Å². The monoisotopic (exact) mass is 444 g/mol. The van der Waals surface area contributed by atoms with E-state index in [0.717, 1.165) is 18.3 Å². The maximum Gasteiger partial charge on any atom is 0.0624 e. The molecule has 0 radical (unpaired) electrons. The number of hydrogen-bond acceptors (Lipinski definition) is 2. The molecule has 32 heavy (non-hydrogen) atoms. The molecule has 5 aliphatic rings. The summed E-state index contributed by atoms with van der Waals surface area (Å²) >= 11 is 0. The zero-order chi connectivity index (χ0) is 23.5. The average molecular weight is 445 g/mol. The maximum atomic E-state index is 11.4. The Morgan fingerprint density at radius 1 is 0.531 bits per heavy atom. The van der Waals surface area contributed by atoms with Crippen LogP contribution in [0.4, 0.5) is 0 Å². The summed E-state index contributed by atoms with van der Waals surface area (Å²) < 4.78 is 0. The van der Waals surface area contributed by atoms with E-state index in [1.165, 1.54) is 57.8 Å². The van der Waals surface area contributed by atoms with Gasteiger partial charge < -0.3 is 10.2 Å². The molecule has 10 atom stereocenters. The predicted molar refractivity (Wildman–Crippen MR) is 132 cm³/mol. The van der Waals surface area contributed by atoms with E-state index < -0.39 is 0 Å². The normalized spacial score (nSPS) is 58.7. The molecule has 0 aromatic heterocycles. The van der Waals surface area contributed by atoms with Gasteiger partial charge in [-0.3, -0.25) is 0 Å². The van der Waals surface area contributed by atoms with Crippen LogP contribution in [0.15, 0.2) is 0 Å². The van der Waals surface area contributed by atoms with Gasteiger partial charge in [0.25, 0.3) is 0 Å². The van der Waals surface area contributed by atoms with Crippen LogP contribution >= 0.6 is 0 Å². The smallest absolute Gasteiger partial charge is 0.0624 e. The van der Waals surface area contributed by atoms with Crippen LogP contribution in [0.1, 0.15) is 120 Å². The van der Waals surface area contributed by atoms with Crippen molar-refractivity contribution in [1.82, 2.24) is 0 Å². The molecule has 0 bridgehead atoms. The van der Waals surface area contributed by atoms with E-state index in [1.54, 1.807) is 0 Å². The highest BCUT2D eigenvalue weighted by Gasteiger charge is 2.70. The van der Waals surface area contributed by atoms with Gasteiger partial charge in [-0.05, 0) is 120 Å². The Morgan fingerprint density at radius 3 is 1.72 bits per heavy atom. The molecule has 5 saturated carbocycles. The van der Waals surface area contributed by atoms with Crippen LogP contribution in [-0.2, 0) is 0 Å². The Kier molecular flexibility index (Phi) is 5.01. The third-order valence-electron chi connectivity index (χ3n) is 14.0. The second-order valence-electron chi connectivity index (χ2n) is 15.6. The van der Waals surface area contributed by atoms with Gasteiger partial charge in [-0.1, -0.05) is 55.4 Å². The summed E-state index contributed by atoms with van der Waals surface area (Å²) in [4.78, 5) is 0. The van der Waals surface area contributed by atoms with E-state index in [4.69, 9.17) is 0 Å². The first-order chi connectivity index (χ1) is 14.6. The Hall–Kier alpha value is -0.0800. The first-order valence-electron chi connectivity index (χ1n) is 14.0. The molecular weight excluding hydrogens is 392 g/mol. The van der Waals surface area contributed by atoms with Gasteiger partial charge in [0.05, 0.1) is 12.2 Å². The summed E-state index contributed by atoms with van der Waals surface area (Å²) in [6, 6.07) is 0. The number of rotatable bonds is 0. The Bertz CT molecular complexity index is 771. The first kappa shape index (κ1) is 23.7. The molecule has 10 unspecified atom stereocenters. The molecule has 0 heterocycles. The minimum absolute atomic E-state index is 0.0365. The number of fused-ring (bicyclic) bond motifs is 7. The van der Waals surface area contributed by atoms with Crippen molar-refractivity contribution in [1.29, 1.82) is 0 Å². The van der Waals surface area contributed by atoms with Crippen LogP contribution in [0, 0.1) is 56.2 Å². The molecule has 0 spiro atoms. The first-order valence-corrected chi connectivity index (χ1v) is 14.0. The second kappa shape index (κ2) is 6.77. The third kappa shape index (κ3) is 2.66. The Labute approximate surface area is 198 Å². The third-order valence-corrected chi connectivity index (χ3v) is 14.0. The molecule has 5 aliphatic carbocycles. The van der Waals surface area contributed by atoms with Gasteiger partial charge in [-0.15, -0.1) is 0 Å². The molecule has 2 nitrogen and oxygen atoms in total. The van der Waals surface area contributed by atoms with Crippen molar-refractivity contribution < 1.29 is 10.2 Å². The van der Waals surface area contributed by atoms with Gasteiger partial charge in [-0.25, -0.2) is 0 Å². The molecule has 5 fully saturated rings. The van der Waals surface area contributed by atoms with Gasteiger partial charge in [-0.2, -0.15) is 0 Å². The van der Waals surface area contributed by atoms with Gasteiger partial charge in [0.15, 0.2) is 0 Å². The van der Waals surface area contributed by atoms with Crippen LogP contribution in [0.25, 0.3) is 0 Å². The van der Waals surface area contributed by atoms with Crippen molar-refractivity contribution >= 4 is 0 Å². The van der Waals surface area contributed by atoms with Gasteiger partial charge in [0.1, 0.15) is 0 Å². The summed E-state index contributed by atoms with van der Waals surface area (Å²) in [7, 11) is 0. The van der Waals surface area contributed by atoms with Crippen molar-refractivity contribution in [2.45, 2.75) is 132 Å². The van der Waals surface area contributed by atoms with Crippen molar-refractivity contribution in [3.63, 3.8) is 0 Å². The molecule has 2 N–H and O–H groups in total. The summed E-state index contributed by atoms with van der Waals surface area (Å²) in [6.07, 6.45) is 12.2. The van der Waals surface area contributed by atoms with Gasteiger partial charge in [0.2, 0.25) is 0 Å². The minimum atomic E-state index is -0.148. The van der Waals surface area contributed by atoms with Crippen LogP contribution in [0.3, 0.4) is 0 Å². The highest BCUT2D eigenvalue weighted by Crippen LogP contribution is 2.77. The van der Waals surface area contributed by atoms with Crippen LogP contribution in [-0.4, -0.2) is 22.4 Å². The van der Waals surface area contributed by atoms with Crippen molar-refractivity contribution in [2.24, 2.45) is 56.2 Å². The molecule has 5 rings (SSSR count). The van der Waals surface area contributed by atoms with Gasteiger partial charge in [0, 0.05) is 0 Å². The lowest BCUT2D eigenvalue weighted by Crippen LogP contribution is -2.68. The molecule has 0 aliphatic heterocycles. The standard InChI is InChI=1S/C30H52O2/c1-25(2)17-18-27(5)19(24(25)32)11-15-29(7)21(27)9-10-22-28(6)14-13-23(31)26(3,4)20(28)12-16-30(22,29)8/h19-24,31-32H,9-18H2,1-8H3. The van der Waals surface area contributed by atoms with E-state index in [9.17, 15) is 10.2 Å². The molecule has 0 aromatic rings. The molecule has 0 saturated heterocycles. The summed E-state index contributed by atoms with van der Waals surface area (Å²) in [6.45, 7) is 19.9. The number of aliphatic hydroxyl groups excluding tert-OH is 2. The predicted octanol–water partition coefficient (Wildman–Crippen LogP) is 7.22. The molecule has 0 aromatic carbocycles. The lowest BCUT2D eigenvalue weighted by atomic mass is 9.30. The van der Waals surface area contributed by atoms with Crippen LogP contribution < -0.4 is 0 Å². The zero-order valence-corrected chi connectivity index (χ0v) is 22.4.